The summed E-state index contributed by atoms with van der Waals surface area (Å²) < 4.78 is 0. The van der Waals surface area contributed by atoms with Gasteiger partial charge >= 0.3 is 0 Å². The van der Waals surface area contributed by atoms with E-state index in [-0.39, 0.29) is 24.0 Å². The number of aromatic amines is 1. The van der Waals surface area contributed by atoms with Crippen LogP contribution in [0.15, 0.2) is 47.2 Å². The number of allylic oxidation sites excluding steroid dienone is 1. The normalized spacial score (nSPS) is 14.3. The maximum atomic E-state index is 4.72. The number of nitrogens with one attached hydrogen (secondary N) is 3. The molecule has 7 heteroatoms. The van der Waals surface area contributed by atoms with Crippen molar-refractivity contribution in [2.75, 3.05) is 13.1 Å². The number of aromatic nitrogens is 3. The van der Waals surface area contributed by atoms with Crippen molar-refractivity contribution in [3.63, 3.8) is 0 Å². The zero-order chi connectivity index (χ0) is 18.0. The zero-order valence-corrected chi connectivity index (χ0v) is 18.2. The lowest BCUT2D eigenvalue weighted by molar-refractivity contribution is 0.665. The predicted molar refractivity (Wildman–Crippen MR) is 121 cm³/mol. The van der Waals surface area contributed by atoms with Crippen LogP contribution in [0, 0.1) is 0 Å². The largest absolute Gasteiger partial charge is 0.357 e. The Balaban J connectivity index is 0.00000261. The van der Waals surface area contributed by atoms with Crippen LogP contribution in [0.5, 0.6) is 0 Å². The van der Waals surface area contributed by atoms with Crippen LogP contribution in [0.1, 0.15) is 44.6 Å². The van der Waals surface area contributed by atoms with Crippen molar-refractivity contribution >= 4 is 29.9 Å². The maximum absolute atomic E-state index is 4.72. The SMILES string of the molecule is CCNC(=NCc1cccc(-c2ncn[nH]2)c1)NCCC1=CCCCC1.I. The second-order valence-electron chi connectivity index (χ2n) is 6.51. The minimum absolute atomic E-state index is 0. The second-order valence-corrected chi connectivity index (χ2v) is 6.51. The Hall–Kier alpha value is -1.90. The van der Waals surface area contributed by atoms with Gasteiger partial charge in [0.2, 0.25) is 0 Å². The number of benzene rings is 1. The smallest absolute Gasteiger partial charge is 0.191 e. The Morgan fingerprint density at radius 1 is 1.26 bits per heavy atom. The molecule has 1 aromatic carbocycles. The van der Waals surface area contributed by atoms with Crippen molar-refractivity contribution in [3.05, 3.63) is 47.8 Å². The standard InChI is InChI=1S/C20H28N6.HI/c1-2-21-20(22-12-11-16-7-4-3-5-8-16)23-14-17-9-6-10-18(13-17)19-24-15-25-26-19;/h6-7,9-10,13,15H,2-5,8,11-12,14H2,1H3,(H2,21,22,23)(H,24,25,26);1H. The summed E-state index contributed by atoms with van der Waals surface area (Å²) in [7, 11) is 0. The number of guanidine groups is 1. The number of aliphatic imine (C=N–C) groups is 1. The molecule has 0 unspecified atom stereocenters. The molecular weight excluding hydrogens is 451 g/mol. The summed E-state index contributed by atoms with van der Waals surface area (Å²) in [5.74, 6) is 1.65. The van der Waals surface area contributed by atoms with Gasteiger partial charge < -0.3 is 10.6 Å². The number of nitrogens with zero attached hydrogens (tertiary/aromatic N) is 3. The van der Waals surface area contributed by atoms with E-state index >= 15 is 0 Å². The molecule has 0 fully saturated rings. The van der Waals surface area contributed by atoms with Crippen LogP contribution in [0.4, 0.5) is 0 Å². The van der Waals surface area contributed by atoms with Crippen molar-refractivity contribution in [3.8, 4) is 11.4 Å². The molecule has 27 heavy (non-hydrogen) atoms. The fourth-order valence-corrected chi connectivity index (χ4v) is 3.15. The van der Waals surface area contributed by atoms with Crippen molar-refractivity contribution in [1.82, 2.24) is 25.8 Å². The quantitative estimate of drug-likeness (QED) is 0.242. The van der Waals surface area contributed by atoms with Crippen LogP contribution in [0.2, 0.25) is 0 Å². The van der Waals surface area contributed by atoms with Gasteiger partial charge in [0.05, 0.1) is 6.54 Å². The van der Waals surface area contributed by atoms with Crippen LogP contribution >= 0.6 is 24.0 Å². The molecule has 1 aromatic heterocycles. The fourth-order valence-electron chi connectivity index (χ4n) is 3.15. The van der Waals surface area contributed by atoms with Gasteiger partial charge in [-0.1, -0.05) is 29.8 Å². The first-order valence-corrected chi connectivity index (χ1v) is 9.50. The van der Waals surface area contributed by atoms with E-state index in [1.165, 1.54) is 32.0 Å². The highest BCUT2D eigenvalue weighted by molar-refractivity contribution is 14.0. The highest BCUT2D eigenvalue weighted by Gasteiger charge is 2.05. The average Bonchev–Trinajstić information content (AvgIpc) is 3.22. The van der Waals surface area contributed by atoms with E-state index in [9.17, 15) is 0 Å². The Morgan fingerprint density at radius 2 is 2.19 bits per heavy atom. The van der Waals surface area contributed by atoms with E-state index in [1.807, 2.05) is 12.1 Å². The van der Waals surface area contributed by atoms with Crippen molar-refractivity contribution in [2.45, 2.75) is 45.6 Å². The molecule has 0 bridgehead atoms. The summed E-state index contributed by atoms with van der Waals surface area (Å²) in [6.07, 6.45) is 10.2. The first-order valence-electron chi connectivity index (χ1n) is 9.50. The molecule has 3 rings (SSSR count). The van der Waals surface area contributed by atoms with E-state index in [4.69, 9.17) is 4.99 Å². The summed E-state index contributed by atoms with van der Waals surface area (Å²) in [6.45, 7) is 4.49. The van der Waals surface area contributed by atoms with Gasteiger partial charge in [0.25, 0.3) is 0 Å². The van der Waals surface area contributed by atoms with Crippen LogP contribution in [0.3, 0.4) is 0 Å². The van der Waals surface area contributed by atoms with Gasteiger partial charge in [0, 0.05) is 18.7 Å². The average molecular weight is 480 g/mol. The van der Waals surface area contributed by atoms with Crippen molar-refractivity contribution in [1.29, 1.82) is 0 Å². The fraction of sp³-hybridized carbons (Fsp3) is 0.450. The number of hydrogen-bond donors (Lipinski definition) is 3. The Kier molecular flexibility index (Phi) is 9.30. The summed E-state index contributed by atoms with van der Waals surface area (Å²) in [4.78, 5) is 8.92. The minimum Gasteiger partial charge on any atom is -0.357 e. The molecule has 0 spiro atoms. The molecule has 0 atom stereocenters. The number of halogens is 1. The number of rotatable bonds is 7. The van der Waals surface area contributed by atoms with Crippen LogP contribution in [-0.4, -0.2) is 34.2 Å². The summed E-state index contributed by atoms with van der Waals surface area (Å²) >= 11 is 0. The lowest BCUT2D eigenvalue weighted by atomic mass is 9.97. The molecule has 1 aliphatic carbocycles. The molecule has 0 aliphatic heterocycles. The summed E-state index contributed by atoms with van der Waals surface area (Å²) in [5, 5.41) is 13.6. The summed E-state index contributed by atoms with van der Waals surface area (Å²) in [6, 6.07) is 8.23. The molecule has 6 nitrogen and oxygen atoms in total. The lowest BCUT2D eigenvalue weighted by Crippen LogP contribution is -2.37. The zero-order valence-electron chi connectivity index (χ0n) is 15.9. The van der Waals surface area contributed by atoms with Gasteiger partial charge in [0.1, 0.15) is 6.33 Å². The molecule has 0 amide bonds. The minimum atomic E-state index is 0. The second kappa shape index (κ2) is 11.7. The van der Waals surface area contributed by atoms with Gasteiger partial charge in [-0.3, -0.25) is 5.10 Å². The molecular formula is C20H29IN6. The third-order valence-electron chi connectivity index (χ3n) is 4.50. The van der Waals surface area contributed by atoms with E-state index in [1.54, 1.807) is 5.57 Å². The van der Waals surface area contributed by atoms with E-state index in [2.05, 4.69) is 50.9 Å². The topological polar surface area (TPSA) is 78.0 Å². The van der Waals surface area contributed by atoms with Crippen LogP contribution in [0.25, 0.3) is 11.4 Å². The molecule has 0 saturated carbocycles. The van der Waals surface area contributed by atoms with Gasteiger partial charge in [-0.15, -0.1) is 24.0 Å². The highest BCUT2D eigenvalue weighted by atomic mass is 127. The monoisotopic (exact) mass is 480 g/mol. The lowest BCUT2D eigenvalue weighted by Gasteiger charge is -2.15. The highest BCUT2D eigenvalue weighted by Crippen LogP contribution is 2.19. The molecule has 146 valence electrons. The van der Waals surface area contributed by atoms with E-state index in [0.29, 0.717) is 6.54 Å². The third-order valence-corrected chi connectivity index (χ3v) is 4.50. The van der Waals surface area contributed by atoms with Gasteiger partial charge in [0.15, 0.2) is 11.8 Å². The van der Waals surface area contributed by atoms with Crippen molar-refractivity contribution in [2.24, 2.45) is 4.99 Å². The molecule has 0 saturated heterocycles. The first kappa shape index (κ1) is 21.4. The Labute approximate surface area is 178 Å². The molecule has 1 aliphatic rings. The Morgan fingerprint density at radius 3 is 2.93 bits per heavy atom. The third kappa shape index (κ3) is 6.97. The summed E-state index contributed by atoms with van der Waals surface area (Å²) in [5.41, 5.74) is 3.75. The van der Waals surface area contributed by atoms with Crippen LogP contribution < -0.4 is 10.6 Å². The van der Waals surface area contributed by atoms with Gasteiger partial charge in [-0.05, 0) is 50.7 Å². The van der Waals surface area contributed by atoms with Gasteiger partial charge in [-0.2, -0.15) is 5.10 Å². The number of H-pyrrole nitrogens is 1. The number of hydrogen-bond acceptors (Lipinski definition) is 3. The van der Waals surface area contributed by atoms with E-state index in [0.717, 1.165) is 42.4 Å². The molecule has 1 heterocycles. The predicted octanol–water partition coefficient (Wildman–Crippen LogP) is 4.04. The molecule has 3 N–H and O–H groups in total. The first-order chi connectivity index (χ1) is 12.8. The maximum Gasteiger partial charge on any atom is 0.191 e. The van der Waals surface area contributed by atoms with E-state index < -0.39 is 0 Å². The van der Waals surface area contributed by atoms with Gasteiger partial charge in [-0.25, -0.2) is 9.98 Å². The molecule has 0 radical (unpaired) electrons. The van der Waals surface area contributed by atoms with Crippen molar-refractivity contribution < 1.29 is 0 Å². The van der Waals surface area contributed by atoms with Crippen LogP contribution in [-0.2, 0) is 6.54 Å². The molecule has 2 aromatic rings. The Bertz CT molecular complexity index is 739.